The molecule has 2 amide bonds. The molecule has 0 heterocycles. The average Bonchev–Trinajstić information content (AvgIpc) is 2.54. The van der Waals surface area contributed by atoms with Crippen LogP contribution in [-0.2, 0) is 11.2 Å². The van der Waals surface area contributed by atoms with E-state index in [1.807, 2.05) is 30.3 Å². The summed E-state index contributed by atoms with van der Waals surface area (Å²) in [4.78, 5) is 23.5. The van der Waals surface area contributed by atoms with E-state index in [1.54, 1.807) is 0 Å². The second kappa shape index (κ2) is 7.49. The quantitative estimate of drug-likeness (QED) is 0.857. The van der Waals surface area contributed by atoms with Crippen molar-refractivity contribution in [2.45, 2.75) is 18.9 Å². The largest absolute Gasteiger partial charge is 0.368 e. The molecule has 0 saturated heterocycles. The Kier molecular flexibility index (Phi) is 5.41. The molecule has 3 N–H and O–H groups in total. The molecule has 120 valence electrons. The summed E-state index contributed by atoms with van der Waals surface area (Å²) >= 11 is 0. The van der Waals surface area contributed by atoms with Crippen LogP contribution in [0.2, 0.25) is 0 Å². The van der Waals surface area contributed by atoms with Gasteiger partial charge >= 0.3 is 0 Å². The zero-order valence-corrected chi connectivity index (χ0v) is 12.3. The van der Waals surface area contributed by atoms with Gasteiger partial charge in [-0.05, 0) is 36.6 Å². The Labute approximate surface area is 132 Å². The van der Waals surface area contributed by atoms with E-state index < -0.39 is 29.5 Å². The van der Waals surface area contributed by atoms with E-state index in [1.165, 1.54) is 0 Å². The standard InChI is InChI=1S/C17H16F2N2O2/c18-13-8-7-12(10-14(13)19)17(23)21-15(16(20)22)9-6-11-4-2-1-3-5-11/h1-5,7-8,10,15H,6,9H2,(H2,20,22)(H,21,23)/t15-/m1/s1. The summed E-state index contributed by atoms with van der Waals surface area (Å²) in [5.41, 5.74) is 6.22. The Balaban J connectivity index is 2.02. The van der Waals surface area contributed by atoms with Gasteiger partial charge in [-0.15, -0.1) is 0 Å². The van der Waals surface area contributed by atoms with Gasteiger partial charge in [0.1, 0.15) is 6.04 Å². The van der Waals surface area contributed by atoms with Gasteiger partial charge in [-0.1, -0.05) is 30.3 Å². The summed E-state index contributed by atoms with van der Waals surface area (Å²) < 4.78 is 26.0. The molecule has 0 aromatic heterocycles. The second-order valence-electron chi connectivity index (χ2n) is 5.08. The summed E-state index contributed by atoms with van der Waals surface area (Å²) in [6.45, 7) is 0. The van der Waals surface area contributed by atoms with E-state index in [2.05, 4.69) is 5.32 Å². The highest BCUT2D eigenvalue weighted by Crippen LogP contribution is 2.10. The molecule has 0 unspecified atom stereocenters. The highest BCUT2D eigenvalue weighted by atomic mass is 19.2. The lowest BCUT2D eigenvalue weighted by Crippen LogP contribution is -2.44. The van der Waals surface area contributed by atoms with Gasteiger partial charge in [0.2, 0.25) is 5.91 Å². The van der Waals surface area contributed by atoms with Gasteiger partial charge in [-0.2, -0.15) is 0 Å². The van der Waals surface area contributed by atoms with Gasteiger partial charge in [0.15, 0.2) is 11.6 Å². The van der Waals surface area contributed by atoms with Crippen molar-refractivity contribution in [1.82, 2.24) is 5.32 Å². The number of carbonyl (C=O) groups is 2. The summed E-state index contributed by atoms with van der Waals surface area (Å²) in [6, 6.07) is 11.3. The molecule has 0 saturated carbocycles. The summed E-state index contributed by atoms with van der Waals surface area (Å²) in [7, 11) is 0. The minimum atomic E-state index is -1.13. The number of carbonyl (C=O) groups excluding carboxylic acids is 2. The van der Waals surface area contributed by atoms with Gasteiger partial charge in [0, 0.05) is 5.56 Å². The number of nitrogens with two attached hydrogens (primary N) is 1. The van der Waals surface area contributed by atoms with Crippen molar-refractivity contribution in [3.63, 3.8) is 0 Å². The van der Waals surface area contributed by atoms with Crippen LogP contribution in [0.25, 0.3) is 0 Å². The third-order valence-corrected chi connectivity index (χ3v) is 3.40. The van der Waals surface area contributed by atoms with Crippen LogP contribution in [-0.4, -0.2) is 17.9 Å². The van der Waals surface area contributed by atoms with E-state index >= 15 is 0 Å². The summed E-state index contributed by atoms with van der Waals surface area (Å²) in [5.74, 6) is -3.53. The Hall–Kier alpha value is -2.76. The van der Waals surface area contributed by atoms with Crippen molar-refractivity contribution in [2.24, 2.45) is 5.73 Å². The van der Waals surface area contributed by atoms with Crippen molar-refractivity contribution in [3.8, 4) is 0 Å². The maximum Gasteiger partial charge on any atom is 0.252 e. The number of rotatable bonds is 6. The van der Waals surface area contributed by atoms with Crippen molar-refractivity contribution < 1.29 is 18.4 Å². The number of hydrogen-bond acceptors (Lipinski definition) is 2. The molecule has 2 aromatic carbocycles. The molecule has 2 rings (SSSR count). The van der Waals surface area contributed by atoms with Crippen LogP contribution in [0.5, 0.6) is 0 Å². The molecule has 0 radical (unpaired) electrons. The first-order valence-corrected chi connectivity index (χ1v) is 7.06. The minimum Gasteiger partial charge on any atom is -0.368 e. The highest BCUT2D eigenvalue weighted by molar-refractivity contribution is 5.97. The molecule has 0 aliphatic carbocycles. The van der Waals surface area contributed by atoms with Crippen molar-refractivity contribution in [3.05, 3.63) is 71.3 Å². The van der Waals surface area contributed by atoms with Crippen LogP contribution in [0.1, 0.15) is 22.3 Å². The number of aryl methyl sites for hydroxylation is 1. The fourth-order valence-electron chi connectivity index (χ4n) is 2.12. The molecule has 6 heteroatoms. The molecule has 1 atom stereocenters. The Morgan fingerprint density at radius 1 is 1.04 bits per heavy atom. The number of amides is 2. The number of halogens is 2. The van der Waals surface area contributed by atoms with Crippen molar-refractivity contribution in [2.75, 3.05) is 0 Å². The molecular formula is C17H16F2N2O2. The maximum atomic E-state index is 13.2. The molecule has 0 bridgehead atoms. The molecule has 0 spiro atoms. The molecular weight excluding hydrogens is 302 g/mol. The molecule has 4 nitrogen and oxygen atoms in total. The van der Waals surface area contributed by atoms with Crippen LogP contribution in [0.4, 0.5) is 8.78 Å². The number of hydrogen-bond donors (Lipinski definition) is 2. The minimum absolute atomic E-state index is 0.0742. The maximum absolute atomic E-state index is 13.2. The van der Waals surface area contributed by atoms with Crippen LogP contribution in [0.15, 0.2) is 48.5 Å². The Morgan fingerprint density at radius 3 is 2.35 bits per heavy atom. The SMILES string of the molecule is NC(=O)[C@@H](CCc1ccccc1)NC(=O)c1ccc(F)c(F)c1. The fourth-order valence-corrected chi connectivity index (χ4v) is 2.12. The summed E-state index contributed by atoms with van der Waals surface area (Å²) in [5, 5.41) is 2.45. The molecule has 0 aliphatic heterocycles. The molecule has 2 aromatic rings. The number of benzene rings is 2. The number of primary amides is 1. The monoisotopic (exact) mass is 318 g/mol. The lowest BCUT2D eigenvalue weighted by atomic mass is 10.0. The Morgan fingerprint density at radius 2 is 1.74 bits per heavy atom. The van der Waals surface area contributed by atoms with Gasteiger partial charge in [0.25, 0.3) is 5.91 Å². The topological polar surface area (TPSA) is 72.2 Å². The van der Waals surface area contributed by atoms with Crippen LogP contribution < -0.4 is 11.1 Å². The first-order valence-electron chi connectivity index (χ1n) is 7.06. The third kappa shape index (κ3) is 4.60. The lowest BCUT2D eigenvalue weighted by molar-refractivity contribution is -0.120. The zero-order chi connectivity index (χ0) is 16.8. The lowest BCUT2D eigenvalue weighted by Gasteiger charge is -2.15. The van der Waals surface area contributed by atoms with E-state index in [-0.39, 0.29) is 5.56 Å². The predicted molar refractivity (Wildman–Crippen MR) is 81.6 cm³/mol. The first kappa shape index (κ1) is 16.6. The van der Waals surface area contributed by atoms with Gasteiger partial charge in [-0.3, -0.25) is 9.59 Å². The molecule has 0 fully saturated rings. The first-order chi connectivity index (χ1) is 11.0. The smallest absolute Gasteiger partial charge is 0.252 e. The molecule has 0 aliphatic rings. The van der Waals surface area contributed by atoms with Gasteiger partial charge in [0.05, 0.1) is 0 Å². The predicted octanol–water partition coefficient (Wildman–Crippen LogP) is 2.18. The number of nitrogens with one attached hydrogen (secondary N) is 1. The van der Waals surface area contributed by atoms with E-state index in [4.69, 9.17) is 5.73 Å². The molecule has 23 heavy (non-hydrogen) atoms. The van der Waals surface area contributed by atoms with Crippen LogP contribution >= 0.6 is 0 Å². The highest BCUT2D eigenvalue weighted by Gasteiger charge is 2.19. The van der Waals surface area contributed by atoms with E-state index in [9.17, 15) is 18.4 Å². The fraction of sp³-hybridized carbons (Fsp3) is 0.176. The second-order valence-corrected chi connectivity index (χ2v) is 5.08. The average molecular weight is 318 g/mol. The van der Waals surface area contributed by atoms with Gasteiger partial charge in [-0.25, -0.2) is 8.78 Å². The van der Waals surface area contributed by atoms with Crippen LogP contribution in [0.3, 0.4) is 0 Å². The Bertz CT molecular complexity index is 705. The van der Waals surface area contributed by atoms with Crippen molar-refractivity contribution in [1.29, 1.82) is 0 Å². The van der Waals surface area contributed by atoms with Crippen LogP contribution in [0, 0.1) is 11.6 Å². The van der Waals surface area contributed by atoms with Crippen molar-refractivity contribution >= 4 is 11.8 Å². The zero-order valence-electron chi connectivity index (χ0n) is 12.3. The van der Waals surface area contributed by atoms with Gasteiger partial charge < -0.3 is 11.1 Å². The third-order valence-electron chi connectivity index (χ3n) is 3.40. The van der Waals surface area contributed by atoms with E-state index in [0.29, 0.717) is 12.8 Å². The summed E-state index contributed by atoms with van der Waals surface area (Å²) in [6.07, 6.45) is 0.862. The normalized spacial score (nSPS) is 11.7. The van der Waals surface area contributed by atoms with E-state index in [0.717, 1.165) is 23.8 Å².